The molecule has 1 aromatic carbocycles. The van der Waals surface area contributed by atoms with E-state index in [-0.39, 0.29) is 15.4 Å². The number of benzene rings is 1. The second kappa shape index (κ2) is 6.45. The van der Waals surface area contributed by atoms with Gasteiger partial charge in [-0.2, -0.15) is 0 Å². The van der Waals surface area contributed by atoms with E-state index in [0.717, 1.165) is 27.4 Å². The Morgan fingerprint density at radius 1 is 1.04 bits per heavy atom. The number of allylic oxidation sites excluding steroid dienone is 1. The summed E-state index contributed by atoms with van der Waals surface area (Å²) < 4.78 is 11.5. The van der Waals surface area contributed by atoms with Crippen LogP contribution in [0.5, 0.6) is 0 Å². The zero-order valence-electron chi connectivity index (χ0n) is 16.0. The zero-order chi connectivity index (χ0) is 19.3. The molecule has 0 spiro atoms. The number of hydrogen-bond acceptors (Lipinski definition) is 2. The summed E-state index contributed by atoms with van der Waals surface area (Å²) in [6.45, 7) is 11.2. The van der Waals surface area contributed by atoms with E-state index < -0.39 is 7.60 Å². The molecular formula is C21H27O3PS. The summed E-state index contributed by atoms with van der Waals surface area (Å²) in [6.07, 6.45) is 4.48. The molecule has 0 radical (unpaired) electrons. The van der Waals surface area contributed by atoms with Crippen LogP contribution in [0.15, 0.2) is 30.3 Å². The average molecular weight is 390 g/mol. The van der Waals surface area contributed by atoms with Crippen molar-refractivity contribution in [1.82, 2.24) is 0 Å². The molecular weight excluding hydrogens is 363 g/mol. The Bertz CT molecular complexity index is 915. The van der Waals surface area contributed by atoms with Crippen LogP contribution in [0.3, 0.4) is 0 Å². The molecule has 3 nitrogen and oxygen atoms in total. The quantitative estimate of drug-likeness (QED) is 0.684. The van der Waals surface area contributed by atoms with Gasteiger partial charge in [-0.3, -0.25) is 4.57 Å². The Morgan fingerprint density at radius 3 is 2.23 bits per heavy atom. The Labute approximate surface area is 159 Å². The molecule has 0 bridgehead atoms. The van der Waals surface area contributed by atoms with Crippen molar-refractivity contribution in [3.8, 4) is 0 Å². The fraction of sp³-hybridized carbons (Fsp3) is 0.429. The first-order valence-corrected chi connectivity index (χ1v) is 11.3. The highest BCUT2D eigenvalue weighted by atomic mass is 32.1. The Morgan fingerprint density at radius 2 is 1.65 bits per heavy atom. The molecule has 5 heteroatoms. The second-order valence-electron chi connectivity index (χ2n) is 8.58. The van der Waals surface area contributed by atoms with Gasteiger partial charge in [0.05, 0.1) is 0 Å². The molecule has 140 valence electrons. The van der Waals surface area contributed by atoms with Gasteiger partial charge in [0.25, 0.3) is 0 Å². The van der Waals surface area contributed by atoms with Gasteiger partial charge < -0.3 is 9.79 Å². The van der Waals surface area contributed by atoms with Crippen molar-refractivity contribution in [3.05, 3.63) is 51.9 Å². The Hall–Kier alpha value is -1.19. The SMILES string of the molecule is CC(=Cc1ccc2c(c1)C(C)(C)CCC2(C)C)c1ccc(P(=O)(O)O)s1. The molecule has 1 aliphatic rings. The van der Waals surface area contributed by atoms with Gasteiger partial charge >= 0.3 is 7.60 Å². The summed E-state index contributed by atoms with van der Waals surface area (Å²) in [7, 11) is -4.18. The highest BCUT2D eigenvalue weighted by Gasteiger charge is 2.36. The zero-order valence-corrected chi connectivity index (χ0v) is 17.7. The molecule has 0 amide bonds. The molecule has 2 N–H and O–H groups in total. The first kappa shape index (κ1) is 19.6. The van der Waals surface area contributed by atoms with Crippen molar-refractivity contribution < 1.29 is 14.4 Å². The average Bonchev–Trinajstić information content (AvgIpc) is 3.02. The maximum absolute atomic E-state index is 11.4. The molecule has 3 rings (SSSR count). The third-order valence-corrected chi connectivity index (χ3v) is 8.26. The monoisotopic (exact) mass is 390 g/mol. The number of fused-ring (bicyclic) bond motifs is 1. The van der Waals surface area contributed by atoms with Crippen LogP contribution in [0.25, 0.3) is 11.6 Å². The predicted octanol–water partition coefficient (Wildman–Crippen LogP) is 5.46. The molecule has 0 aliphatic heterocycles. The second-order valence-corrected chi connectivity index (χ2v) is 11.5. The van der Waals surface area contributed by atoms with Crippen molar-refractivity contribution in [2.45, 2.75) is 58.3 Å². The minimum Gasteiger partial charge on any atom is -0.320 e. The minimum absolute atomic E-state index is 0.119. The maximum atomic E-state index is 11.4. The fourth-order valence-corrected chi connectivity index (χ4v) is 5.47. The lowest BCUT2D eigenvalue weighted by Crippen LogP contribution is -2.33. The summed E-state index contributed by atoms with van der Waals surface area (Å²) in [4.78, 5) is 19.5. The van der Waals surface area contributed by atoms with E-state index >= 15 is 0 Å². The topological polar surface area (TPSA) is 57.5 Å². The molecule has 0 saturated carbocycles. The van der Waals surface area contributed by atoms with E-state index in [4.69, 9.17) is 0 Å². The first-order chi connectivity index (χ1) is 11.9. The van der Waals surface area contributed by atoms with Crippen molar-refractivity contribution in [1.29, 1.82) is 0 Å². The molecule has 1 heterocycles. The van der Waals surface area contributed by atoms with Gasteiger partial charge in [-0.05, 0) is 65.0 Å². The Kier molecular flexibility index (Phi) is 4.86. The molecule has 0 unspecified atom stereocenters. The van der Waals surface area contributed by atoms with Gasteiger partial charge in [-0.1, -0.05) is 52.0 Å². The van der Waals surface area contributed by atoms with Crippen molar-refractivity contribution in [2.75, 3.05) is 0 Å². The van der Waals surface area contributed by atoms with Gasteiger partial charge in [0.2, 0.25) is 0 Å². The van der Waals surface area contributed by atoms with Crippen LogP contribution >= 0.6 is 18.9 Å². The van der Waals surface area contributed by atoms with E-state index in [1.54, 1.807) is 6.07 Å². The predicted molar refractivity (Wildman–Crippen MR) is 111 cm³/mol. The van der Waals surface area contributed by atoms with Crippen molar-refractivity contribution in [3.63, 3.8) is 0 Å². The fourth-order valence-electron chi connectivity index (χ4n) is 3.71. The van der Waals surface area contributed by atoms with E-state index in [2.05, 4.69) is 52.0 Å². The summed E-state index contributed by atoms with van der Waals surface area (Å²) in [5, 5.41) is 0. The van der Waals surface area contributed by atoms with Gasteiger partial charge in [-0.25, -0.2) is 0 Å². The molecule has 0 fully saturated rings. The molecule has 1 aromatic heterocycles. The summed E-state index contributed by atoms with van der Waals surface area (Å²) >= 11 is 1.16. The lowest BCUT2D eigenvalue weighted by molar-refractivity contribution is 0.332. The van der Waals surface area contributed by atoms with Crippen LogP contribution in [0.2, 0.25) is 0 Å². The number of hydrogen-bond donors (Lipinski definition) is 2. The number of thiophene rings is 1. The number of rotatable bonds is 3. The highest BCUT2D eigenvalue weighted by Crippen LogP contribution is 2.46. The van der Waals surface area contributed by atoms with E-state index in [0.29, 0.717) is 0 Å². The van der Waals surface area contributed by atoms with Crippen LogP contribution in [-0.2, 0) is 15.4 Å². The van der Waals surface area contributed by atoms with E-state index in [9.17, 15) is 14.4 Å². The van der Waals surface area contributed by atoms with Crippen LogP contribution in [0, 0.1) is 0 Å². The first-order valence-electron chi connectivity index (χ1n) is 8.90. The van der Waals surface area contributed by atoms with Crippen LogP contribution in [0.1, 0.15) is 69.0 Å². The molecule has 26 heavy (non-hydrogen) atoms. The van der Waals surface area contributed by atoms with Gasteiger partial charge in [0.15, 0.2) is 0 Å². The summed E-state index contributed by atoms with van der Waals surface area (Å²) in [5.74, 6) is 0. The van der Waals surface area contributed by atoms with Crippen molar-refractivity contribution >= 4 is 35.2 Å². The lowest BCUT2D eigenvalue weighted by atomic mass is 9.63. The minimum atomic E-state index is -4.18. The third-order valence-electron chi connectivity index (χ3n) is 5.53. The molecule has 2 aromatic rings. The smallest absolute Gasteiger partial charge is 0.320 e. The molecule has 1 aliphatic carbocycles. The van der Waals surface area contributed by atoms with Crippen LogP contribution in [0.4, 0.5) is 0 Å². The third kappa shape index (κ3) is 3.75. The Balaban J connectivity index is 1.99. The molecule has 0 atom stereocenters. The largest absolute Gasteiger partial charge is 0.366 e. The summed E-state index contributed by atoms with van der Waals surface area (Å²) in [6, 6.07) is 10.0. The van der Waals surface area contributed by atoms with Crippen LogP contribution in [-0.4, -0.2) is 9.79 Å². The summed E-state index contributed by atoms with van der Waals surface area (Å²) in [5.41, 5.74) is 5.37. The van der Waals surface area contributed by atoms with Gasteiger partial charge in [0.1, 0.15) is 4.62 Å². The van der Waals surface area contributed by atoms with Crippen molar-refractivity contribution in [2.24, 2.45) is 0 Å². The standard InChI is InChI=1S/C21H27O3PS/c1-14(18-8-9-19(26-18)25(22,23)24)12-15-6-7-16-17(13-15)21(4,5)11-10-20(16,2)3/h6-9,12-13H,10-11H2,1-5H3,(H2,22,23,24). The lowest BCUT2D eigenvalue weighted by Gasteiger charge is -2.42. The molecule has 0 saturated heterocycles. The van der Waals surface area contributed by atoms with E-state index in [1.807, 2.05) is 6.92 Å². The van der Waals surface area contributed by atoms with Gasteiger partial charge in [0, 0.05) is 4.88 Å². The normalized spacial score (nSPS) is 19.3. The van der Waals surface area contributed by atoms with Crippen LogP contribution < -0.4 is 4.62 Å². The highest BCUT2D eigenvalue weighted by molar-refractivity contribution is 7.67. The van der Waals surface area contributed by atoms with E-state index in [1.165, 1.54) is 30.0 Å². The maximum Gasteiger partial charge on any atom is 0.366 e. The van der Waals surface area contributed by atoms with Gasteiger partial charge in [-0.15, -0.1) is 11.3 Å².